The van der Waals surface area contributed by atoms with Gasteiger partial charge in [0, 0.05) is 30.8 Å². The lowest BCUT2D eigenvalue weighted by Crippen LogP contribution is -2.39. The Morgan fingerprint density at radius 2 is 1.97 bits per heavy atom. The van der Waals surface area contributed by atoms with Crippen molar-refractivity contribution in [3.05, 3.63) is 70.1 Å². The molecule has 0 amide bonds. The van der Waals surface area contributed by atoms with Crippen LogP contribution >= 0.6 is 0 Å². The van der Waals surface area contributed by atoms with Crippen molar-refractivity contribution >= 4 is 15.7 Å². The molecular formula is C20H20N4O5S. The van der Waals surface area contributed by atoms with Crippen LogP contribution in [0.4, 0.5) is 5.69 Å². The Balaban J connectivity index is 1.54. The molecule has 0 radical (unpaired) electrons. The molecule has 2 heterocycles. The summed E-state index contributed by atoms with van der Waals surface area (Å²) in [7, 11) is -3.78. The lowest BCUT2D eigenvalue weighted by Gasteiger charge is -2.30. The Morgan fingerprint density at radius 3 is 2.67 bits per heavy atom. The summed E-state index contributed by atoms with van der Waals surface area (Å²) >= 11 is 0. The molecule has 0 aliphatic carbocycles. The van der Waals surface area contributed by atoms with E-state index in [4.69, 9.17) is 4.52 Å². The van der Waals surface area contributed by atoms with E-state index in [-0.39, 0.29) is 23.0 Å². The summed E-state index contributed by atoms with van der Waals surface area (Å²) in [4.78, 5) is 14.8. The van der Waals surface area contributed by atoms with Crippen LogP contribution in [0.3, 0.4) is 0 Å². The number of hydrogen-bond donors (Lipinski definition) is 0. The number of hydrogen-bond acceptors (Lipinski definition) is 7. The van der Waals surface area contributed by atoms with Crippen LogP contribution in [0.15, 0.2) is 57.9 Å². The molecule has 0 spiro atoms. The van der Waals surface area contributed by atoms with E-state index in [2.05, 4.69) is 10.1 Å². The summed E-state index contributed by atoms with van der Waals surface area (Å²) in [6.07, 6.45) is 1.39. The van der Waals surface area contributed by atoms with E-state index < -0.39 is 14.9 Å². The zero-order valence-electron chi connectivity index (χ0n) is 16.3. The SMILES string of the molecule is Cc1cccc(-c2noc(C3CCCN(S(=O)(=O)c4ccc([N+](=O)[O-])cc4)C3)n2)c1. The molecule has 1 saturated heterocycles. The second-order valence-corrected chi connectivity index (χ2v) is 9.22. The standard InChI is InChI=1S/C20H20N4O5S/c1-14-4-2-5-15(12-14)19-21-20(29-22-19)16-6-3-11-23(13-16)30(27,28)18-9-7-17(8-10-18)24(25)26/h2,4-5,7-10,12,16H,3,6,11,13H2,1H3. The fourth-order valence-electron chi connectivity index (χ4n) is 3.55. The minimum Gasteiger partial charge on any atom is -0.339 e. The maximum absolute atomic E-state index is 13.0. The van der Waals surface area contributed by atoms with E-state index in [0.29, 0.717) is 24.7 Å². The smallest absolute Gasteiger partial charge is 0.269 e. The minimum atomic E-state index is -3.78. The number of non-ortho nitro benzene ring substituents is 1. The van der Waals surface area contributed by atoms with Crippen molar-refractivity contribution < 1.29 is 17.9 Å². The van der Waals surface area contributed by atoms with Crippen LogP contribution < -0.4 is 0 Å². The predicted molar refractivity (Wildman–Crippen MR) is 108 cm³/mol. The lowest BCUT2D eigenvalue weighted by molar-refractivity contribution is -0.384. The highest BCUT2D eigenvalue weighted by Crippen LogP contribution is 2.31. The summed E-state index contributed by atoms with van der Waals surface area (Å²) in [6, 6.07) is 12.7. The van der Waals surface area contributed by atoms with Gasteiger partial charge in [0.05, 0.1) is 15.7 Å². The molecule has 0 bridgehead atoms. The first-order chi connectivity index (χ1) is 14.3. The summed E-state index contributed by atoms with van der Waals surface area (Å²) in [5, 5.41) is 14.9. The van der Waals surface area contributed by atoms with Crippen molar-refractivity contribution in [1.29, 1.82) is 0 Å². The van der Waals surface area contributed by atoms with Gasteiger partial charge in [-0.15, -0.1) is 0 Å². The molecule has 0 saturated carbocycles. The second-order valence-electron chi connectivity index (χ2n) is 7.28. The van der Waals surface area contributed by atoms with Gasteiger partial charge in [0.1, 0.15) is 0 Å². The first-order valence-corrected chi connectivity index (χ1v) is 10.9. The van der Waals surface area contributed by atoms with Gasteiger partial charge >= 0.3 is 0 Å². The van der Waals surface area contributed by atoms with Gasteiger partial charge in [0.25, 0.3) is 5.69 Å². The number of aryl methyl sites for hydroxylation is 1. The van der Waals surface area contributed by atoms with Gasteiger partial charge in [-0.25, -0.2) is 8.42 Å². The number of nitrogens with zero attached hydrogens (tertiary/aromatic N) is 4. The van der Waals surface area contributed by atoms with Gasteiger partial charge in [0.2, 0.25) is 21.7 Å². The first kappa shape index (κ1) is 20.2. The van der Waals surface area contributed by atoms with Crippen molar-refractivity contribution in [3.63, 3.8) is 0 Å². The van der Waals surface area contributed by atoms with Crippen LogP contribution in [0.25, 0.3) is 11.4 Å². The van der Waals surface area contributed by atoms with Crippen molar-refractivity contribution in [2.75, 3.05) is 13.1 Å². The number of rotatable bonds is 5. The zero-order valence-corrected chi connectivity index (χ0v) is 17.1. The average molecular weight is 428 g/mol. The van der Waals surface area contributed by atoms with Crippen LogP contribution in [-0.2, 0) is 10.0 Å². The van der Waals surface area contributed by atoms with Gasteiger partial charge < -0.3 is 4.52 Å². The van der Waals surface area contributed by atoms with Gasteiger partial charge in [-0.1, -0.05) is 28.9 Å². The van der Waals surface area contributed by atoms with Gasteiger partial charge in [-0.2, -0.15) is 9.29 Å². The molecule has 0 N–H and O–H groups in total. The molecule has 4 rings (SSSR count). The molecule has 1 aliphatic heterocycles. The third kappa shape index (κ3) is 3.96. The first-order valence-electron chi connectivity index (χ1n) is 9.50. The molecular weight excluding hydrogens is 408 g/mol. The van der Waals surface area contributed by atoms with E-state index in [1.54, 1.807) is 0 Å². The fraction of sp³-hybridized carbons (Fsp3) is 0.300. The molecule has 9 nitrogen and oxygen atoms in total. The third-order valence-electron chi connectivity index (χ3n) is 5.14. The minimum absolute atomic E-state index is 0.0275. The number of nitro benzene ring substituents is 1. The Morgan fingerprint density at radius 1 is 1.20 bits per heavy atom. The predicted octanol–water partition coefficient (Wildman–Crippen LogP) is 3.52. The average Bonchev–Trinajstić information content (AvgIpc) is 3.24. The molecule has 10 heteroatoms. The van der Waals surface area contributed by atoms with Crippen LogP contribution in [0, 0.1) is 17.0 Å². The molecule has 156 valence electrons. The van der Waals surface area contributed by atoms with Gasteiger partial charge in [-0.3, -0.25) is 10.1 Å². The molecule has 1 atom stereocenters. The zero-order chi connectivity index (χ0) is 21.3. The highest BCUT2D eigenvalue weighted by Gasteiger charge is 2.33. The maximum Gasteiger partial charge on any atom is 0.269 e. The summed E-state index contributed by atoms with van der Waals surface area (Å²) in [5.41, 5.74) is 1.77. The maximum atomic E-state index is 13.0. The molecule has 2 aromatic carbocycles. The number of sulfonamides is 1. The quantitative estimate of drug-likeness (QED) is 0.450. The van der Waals surface area contributed by atoms with Crippen LogP contribution in [0.2, 0.25) is 0 Å². The monoisotopic (exact) mass is 428 g/mol. The number of nitro groups is 1. The van der Waals surface area contributed by atoms with E-state index in [1.165, 1.54) is 28.6 Å². The van der Waals surface area contributed by atoms with Crippen molar-refractivity contribution in [3.8, 4) is 11.4 Å². The van der Waals surface area contributed by atoms with Crippen molar-refractivity contribution in [1.82, 2.24) is 14.4 Å². The lowest BCUT2D eigenvalue weighted by atomic mass is 10.00. The summed E-state index contributed by atoms with van der Waals surface area (Å²) in [6.45, 7) is 2.57. The second kappa shape index (κ2) is 7.96. The molecule has 1 aromatic heterocycles. The van der Waals surface area contributed by atoms with E-state index in [0.717, 1.165) is 17.5 Å². The summed E-state index contributed by atoms with van der Waals surface area (Å²) < 4.78 is 32.8. The highest BCUT2D eigenvalue weighted by atomic mass is 32.2. The Hall–Kier alpha value is -3.11. The Bertz CT molecular complexity index is 1170. The molecule has 1 aliphatic rings. The fourth-order valence-corrected chi connectivity index (χ4v) is 5.08. The Labute approximate surface area is 173 Å². The number of benzene rings is 2. The van der Waals surface area contributed by atoms with E-state index in [9.17, 15) is 18.5 Å². The van der Waals surface area contributed by atoms with Crippen LogP contribution in [0.5, 0.6) is 0 Å². The molecule has 1 fully saturated rings. The van der Waals surface area contributed by atoms with Gasteiger partial charge in [-0.05, 0) is 38.0 Å². The van der Waals surface area contributed by atoms with E-state index in [1.807, 2.05) is 31.2 Å². The van der Waals surface area contributed by atoms with Crippen molar-refractivity contribution in [2.24, 2.45) is 0 Å². The normalized spacial score (nSPS) is 17.7. The molecule has 1 unspecified atom stereocenters. The van der Waals surface area contributed by atoms with Crippen molar-refractivity contribution in [2.45, 2.75) is 30.6 Å². The van der Waals surface area contributed by atoms with Crippen LogP contribution in [-0.4, -0.2) is 40.9 Å². The van der Waals surface area contributed by atoms with Gasteiger partial charge in [0.15, 0.2) is 0 Å². The highest BCUT2D eigenvalue weighted by molar-refractivity contribution is 7.89. The molecule has 30 heavy (non-hydrogen) atoms. The van der Waals surface area contributed by atoms with E-state index >= 15 is 0 Å². The largest absolute Gasteiger partial charge is 0.339 e. The number of aromatic nitrogens is 2. The number of piperidine rings is 1. The third-order valence-corrected chi connectivity index (χ3v) is 7.02. The Kier molecular flexibility index (Phi) is 5.35. The van der Waals surface area contributed by atoms with Crippen LogP contribution in [0.1, 0.15) is 30.2 Å². The topological polar surface area (TPSA) is 119 Å². The summed E-state index contributed by atoms with van der Waals surface area (Å²) in [5.74, 6) is 0.678. The molecule has 3 aromatic rings.